The second-order valence-corrected chi connectivity index (χ2v) is 7.11. The predicted molar refractivity (Wildman–Crippen MR) is 105 cm³/mol. The van der Waals surface area contributed by atoms with Crippen molar-refractivity contribution in [2.75, 3.05) is 6.54 Å². The predicted octanol–water partition coefficient (Wildman–Crippen LogP) is 4.33. The molecule has 1 aromatic heterocycles. The minimum absolute atomic E-state index is 0.200. The lowest BCUT2D eigenvalue weighted by atomic mass is 9.93. The monoisotopic (exact) mass is 379 g/mol. The third-order valence-electron chi connectivity index (χ3n) is 5.30. The number of hydrogen-bond donors (Lipinski definition) is 2. The molecule has 1 amide bonds. The van der Waals surface area contributed by atoms with Gasteiger partial charge in [0.05, 0.1) is 11.4 Å². The Kier molecular flexibility index (Phi) is 4.65. The summed E-state index contributed by atoms with van der Waals surface area (Å²) in [5.74, 6) is 0.211. The van der Waals surface area contributed by atoms with Crippen LogP contribution in [0.4, 0.5) is 4.79 Å². The van der Waals surface area contributed by atoms with Crippen molar-refractivity contribution in [3.63, 3.8) is 0 Å². The van der Waals surface area contributed by atoms with Gasteiger partial charge in [-0.1, -0.05) is 36.4 Å². The molecule has 4 rings (SSSR count). The molecule has 3 aromatic rings. The summed E-state index contributed by atoms with van der Waals surface area (Å²) < 4.78 is 5.45. The molecule has 1 aliphatic rings. The first kappa shape index (κ1) is 18.3. The number of aliphatic hydroxyl groups excluding tert-OH is 1. The first-order valence-electron chi connectivity index (χ1n) is 9.31. The van der Waals surface area contributed by atoms with Crippen LogP contribution in [-0.2, 0) is 0 Å². The maximum Gasteiger partial charge on any atom is 0.407 e. The number of hydrogen-bond acceptors (Lipinski definition) is 4. The molecule has 1 fully saturated rings. The minimum atomic E-state index is -0.960. The number of rotatable bonds is 3. The van der Waals surface area contributed by atoms with E-state index in [1.54, 1.807) is 19.1 Å². The molecule has 2 N–H and O–H groups in total. The van der Waals surface area contributed by atoms with Crippen LogP contribution in [0.3, 0.4) is 0 Å². The summed E-state index contributed by atoms with van der Waals surface area (Å²) >= 11 is 0. The van der Waals surface area contributed by atoms with Crippen molar-refractivity contribution in [3.8, 4) is 11.1 Å². The van der Waals surface area contributed by atoms with Gasteiger partial charge in [-0.15, -0.1) is 0 Å². The quantitative estimate of drug-likeness (QED) is 0.707. The van der Waals surface area contributed by atoms with Crippen molar-refractivity contribution < 1.29 is 19.4 Å². The van der Waals surface area contributed by atoms with Crippen molar-refractivity contribution in [1.29, 1.82) is 0 Å². The Hall–Kier alpha value is -3.12. The highest BCUT2D eigenvalue weighted by Gasteiger charge is 2.30. The van der Waals surface area contributed by atoms with Crippen LogP contribution in [0.15, 0.2) is 57.7 Å². The molecule has 2 atom stereocenters. The molecule has 1 saturated heterocycles. The van der Waals surface area contributed by atoms with Gasteiger partial charge >= 0.3 is 11.7 Å². The molecule has 2 aromatic carbocycles. The van der Waals surface area contributed by atoms with E-state index in [4.69, 9.17) is 4.42 Å². The second kappa shape index (κ2) is 7.13. The molecule has 1 unspecified atom stereocenters. The summed E-state index contributed by atoms with van der Waals surface area (Å²) in [6.07, 6.45) is -0.293. The third-order valence-corrected chi connectivity index (χ3v) is 5.30. The van der Waals surface area contributed by atoms with E-state index in [-0.39, 0.29) is 11.8 Å². The highest BCUT2D eigenvalue weighted by atomic mass is 16.4. The van der Waals surface area contributed by atoms with Crippen LogP contribution >= 0.6 is 0 Å². The zero-order valence-electron chi connectivity index (χ0n) is 15.5. The number of benzene rings is 2. The Balaban J connectivity index is 1.92. The van der Waals surface area contributed by atoms with E-state index in [0.717, 1.165) is 24.0 Å². The van der Waals surface area contributed by atoms with Gasteiger partial charge in [0.15, 0.2) is 0 Å². The van der Waals surface area contributed by atoms with Crippen LogP contribution in [-0.4, -0.2) is 27.8 Å². The highest BCUT2D eigenvalue weighted by Crippen LogP contribution is 2.37. The van der Waals surface area contributed by atoms with Crippen molar-refractivity contribution in [2.45, 2.75) is 31.9 Å². The van der Waals surface area contributed by atoms with Crippen LogP contribution in [0, 0.1) is 0 Å². The number of carbonyl (C=O) groups is 1. The van der Waals surface area contributed by atoms with E-state index in [1.165, 1.54) is 4.90 Å². The topological polar surface area (TPSA) is 91.0 Å². The molecule has 1 aliphatic heterocycles. The van der Waals surface area contributed by atoms with E-state index in [1.807, 2.05) is 36.4 Å². The molecule has 0 aliphatic carbocycles. The van der Waals surface area contributed by atoms with Gasteiger partial charge in [-0.3, -0.25) is 0 Å². The second-order valence-electron chi connectivity index (χ2n) is 7.11. The van der Waals surface area contributed by atoms with E-state index in [0.29, 0.717) is 22.9 Å². The van der Waals surface area contributed by atoms with Crippen molar-refractivity contribution >= 4 is 16.9 Å². The zero-order chi connectivity index (χ0) is 19.8. The maximum atomic E-state index is 12.3. The standard InChI is InChI=1S/C22H21NO5/c1-13(24)20-19(16-8-2-3-9-17(16)21(25)28-20)15-7-4-6-14(12-15)18-10-5-11-23(18)22(26)27/h2-4,6-9,12-13,18,24H,5,10-11H2,1H3,(H,26,27)/t13?,18-/m1/s1. The molecule has 28 heavy (non-hydrogen) atoms. The van der Waals surface area contributed by atoms with Gasteiger partial charge in [0.25, 0.3) is 0 Å². The Morgan fingerprint density at radius 3 is 2.64 bits per heavy atom. The zero-order valence-corrected chi connectivity index (χ0v) is 15.5. The largest absolute Gasteiger partial charge is 0.465 e. The summed E-state index contributed by atoms with van der Waals surface area (Å²) in [5, 5.41) is 20.8. The summed E-state index contributed by atoms with van der Waals surface area (Å²) in [6.45, 7) is 2.08. The Morgan fingerprint density at radius 2 is 1.93 bits per heavy atom. The molecule has 0 saturated carbocycles. The molecule has 2 heterocycles. The van der Waals surface area contributed by atoms with Gasteiger partial charge in [0.2, 0.25) is 0 Å². The van der Waals surface area contributed by atoms with Crippen LogP contribution in [0.25, 0.3) is 21.9 Å². The number of aliphatic hydroxyl groups is 1. The van der Waals surface area contributed by atoms with Crippen LogP contribution in [0.2, 0.25) is 0 Å². The summed E-state index contributed by atoms with van der Waals surface area (Å²) in [4.78, 5) is 25.3. The number of nitrogens with zero attached hydrogens (tertiary/aromatic N) is 1. The van der Waals surface area contributed by atoms with Crippen LogP contribution in [0.1, 0.15) is 43.2 Å². The minimum Gasteiger partial charge on any atom is -0.465 e. The first-order chi connectivity index (χ1) is 13.5. The van der Waals surface area contributed by atoms with Gasteiger partial charge in [-0.2, -0.15) is 0 Å². The molecule has 0 bridgehead atoms. The molecule has 144 valence electrons. The van der Waals surface area contributed by atoms with Crippen LogP contribution < -0.4 is 5.63 Å². The molecule has 0 radical (unpaired) electrons. The fraction of sp³-hybridized carbons (Fsp3) is 0.273. The fourth-order valence-electron chi connectivity index (χ4n) is 4.05. The average molecular weight is 379 g/mol. The fourth-order valence-corrected chi connectivity index (χ4v) is 4.05. The first-order valence-corrected chi connectivity index (χ1v) is 9.31. The van der Waals surface area contributed by atoms with Gasteiger partial charge in [-0.25, -0.2) is 9.59 Å². The van der Waals surface area contributed by atoms with E-state index < -0.39 is 17.8 Å². The highest BCUT2D eigenvalue weighted by molar-refractivity contribution is 5.96. The Bertz CT molecular complexity index is 1100. The average Bonchev–Trinajstić information content (AvgIpc) is 3.18. The van der Waals surface area contributed by atoms with Gasteiger partial charge < -0.3 is 19.5 Å². The van der Waals surface area contributed by atoms with Gasteiger partial charge in [-0.05, 0) is 43.0 Å². The number of likely N-dealkylation sites (tertiary alicyclic amines) is 1. The molecular formula is C22H21NO5. The van der Waals surface area contributed by atoms with Crippen LogP contribution in [0.5, 0.6) is 0 Å². The van der Waals surface area contributed by atoms with Crippen molar-refractivity contribution in [3.05, 3.63) is 70.3 Å². The summed E-state index contributed by atoms with van der Waals surface area (Å²) in [5.41, 5.74) is 1.85. The number of carboxylic acid groups (broad SMARTS) is 1. The normalized spacial score (nSPS) is 17.8. The summed E-state index contributed by atoms with van der Waals surface area (Å²) in [6, 6.07) is 14.5. The van der Waals surface area contributed by atoms with E-state index in [9.17, 15) is 19.8 Å². The van der Waals surface area contributed by atoms with Crippen molar-refractivity contribution in [2.24, 2.45) is 0 Å². The lowest BCUT2D eigenvalue weighted by molar-refractivity contribution is 0.140. The van der Waals surface area contributed by atoms with Crippen molar-refractivity contribution in [1.82, 2.24) is 4.90 Å². The summed E-state index contributed by atoms with van der Waals surface area (Å²) in [7, 11) is 0. The van der Waals surface area contributed by atoms with Gasteiger partial charge in [0.1, 0.15) is 11.9 Å². The van der Waals surface area contributed by atoms with E-state index in [2.05, 4.69) is 0 Å². The smallest absolute Gasteiger partial charge is 0.407 e. The maximum absolute atomic E-state index is 12.3. The lowest BCUT2D eigenvalue weighted by Crippen LogP contribution is -2.28. The van der Waals surface area contributed by atoms with Gasteiger partial charge in [0, 0.05) is 17.5 Å². The molecular weight excluding hydrogens is 358 g/mol. The Morgan fingerprint density at radius 1 is 1.18 bits per heavy atom. The SMILES string of the molecule is CC(O)c1oc(=O)c2ccccc2c1-c1cccc([C@H]2CCCN2C(=O)O)c1. The Labute approximate surface area is 161 Å². The number of amides is 1. The molecule has 6 nitrogen and oxygen atoms in total. The molecule has 0 spiro atoms. The van der Waals surface area contributed by atoms with E-state index >= 15 is 0 Å². The molecule has 6 heteroatoms. The number of fused-ring (bicyclic) bond motifs is 1. The third kappa shape index (κ3) is 3.05. The lowest BCUT2D eigenvalue weighted by Gasteiger charge is -2.22.